The Bertz CT molecular complexity index is 1020. The number of aromatic nitrogens is 4. The summed E-state index contributed by atoms with van der Waals surface area (Å²) in [5, 5.41) is 15.5. The molecule has 0 aliphatic rings. The third-order valence-electron chi connectivity index (χ3n) is 3.93. The number of tetrazole rings is 1. The van der Waals surface area contributed by atoms with Crippen molar-refractivity contribution in [2.24, 2.45) is 0 Å². The molecule has 1 atom stereocenters. The first kappa shape index (κ1) is 20.9. The molecule has 1 heterocycles. The number of halogens is 3. The summed E-state index contributed by atoms with van der Waals surface area (Å²) >= 11 is 19.4. The van der Waals surface area contributed by atoms with Crippen LogP contribution in [0, 0.1) is 13.8 Å². The molecule has 0 fully saturated rings. The highest BCUT2D eigenvalue weighted by molar-refractivity contribution is 8.00. The summed E-state index contributed by atoms with van der Waals surface area (Å²) in [5.41, 5.74) is 3.35. The van der Waals surface area contributed by atoms with Gasteiger partial charge in [-0.1, -0.05) is 64.3 Å². The normalized spacial score (nSPS) is 12.1. The van der Waals surface area contributed by atoms with Crippen LogP contribution in [0.15, 0.2) is 35.5 Å². The molecule has 146 valence electrons. The molecule has 10 heteroatoms. The van der Waals surface area contributed by atoms with Gasteiger partial charge in [0.05, 0.1) is 26.7 Å². The summed E-state index contributed by atoms with van der Waals surface area (Å²) in [4.78, 5) is 12.6. The summed E-state index contributed by atoms with van der Waals surface area (Å²) in [7, 11) is 0. The Hall–Kier alpha value is -1.80. The monoisotopic (exact) mass is 455 g/mol. The zero-order chi connectivity index (χ0) is 20.4. The Morgan fingerprint density at radius 2 is 1.82 bits per heavy atom. The van der Waals surface area contributed by atoms with Crippen LogP contribution < -0.4 is 5.32 Å². The van der Waals surface area contributed by atoms with E-state index in [4.69, 9.17) is 34.8 Å². The summed E-state index contributed by atoms with van der Waals surface area (Å²) < 4.78 is 1.62. The van der Waals surface area contributed by atoms with Crippen LogP contribution in [0.4, 0.5) is 5.69 Å². The molecule has 1 amide bonds. The molecule has 1 N–H and O–H groups in total. The number of benzene rings is 2. The number of carbonyl (C=O) groups is 1. The third-order valence-corrected chi connectivity index (χ3v) is 5.78. The van der Waals surface area contributed by atoms with Gasteiger partial charge in [0, 0.05) is 5.02 Å². The van der Waals surface area contributed by atoms with Crippen molar-refractivity contribution < 1.29 is 4.79 Å². The zero-order valence-corrected chi connectivity index (χ0v) is 18.3. The molecule has 1 unspecified atom stereocenters. The second-order valence-corrected chi connectivity index (χ2v) is 8.72. The third kappa shape index (κ3) is 4.60. The first-order valence-corrected chi connectivity index (χ1v) is 10.3. The minimum absolute atomic E-state index is 0.267. The van der Waals surface area contributed by atoms with E-state index in [1.54, 1.807) is 11.6 Å². The molecule has 0 saturated heterocycles. The van der Waals surface area contributed by atoms with E-state index in [0.717, 1.165) is 16.8 Å². The van der Waals surface area contributed by atoms with Crippen molar-refractivity contribution in [1.29, 1.82) is 0 Å². The maximum Gasteiger partial charge on any atom is 0.237 e. The molecular formula is C18H16Cl3N5OS. The molecule has 0 radical (unpaired) electrons. The largest absolute Gasteiger partial charge is 0.323 e. The van der Waals surface area contributed by atoms with Crippen molar-refractivity contribution in [3.63, 3.8) is 0 Å². The molecule has 1 aromatic heterocycles. The molecule has 28 heavy (non-hydrogen) atoms. The Morgan fingerprint density at radius 1 is 1.14 bits per heavy atom. The quantitative estimate of drug-likeness (QED) is 0.523. The van der Waals surface area contributed by atoms with Gasteiger partial charge in [-0.3, -0.25) is 4.79 Å². The van der Waals surface area contributed by atoms with Gasteiger partial charge in [0.15, 0.2) is 0 Å². The average molecular weight is 457 g/mol. The molecule has 0 bridgehead atoms. The lowest BCUT2D eigenvalue weighted by atomic mass is 10.1. The van der Waals surface area contributed by atoms with Crippen LogP contribution in [0.3, 0.4) is 0 Å². The van der Waals surface area contributed by atoms with E-state index in [-0.39, 0.29) is 16.0 Å². The second-order valence-electron chi connectivity index (χ2n) is 6.16. The minimum atomic E-state index is -0.502. The van der Waals surface area contributed by atoms with Gasteiger partial charge in [0.2, 0.25) is 11.1 Å². The summed E-state index contributed by atoms with van der Waals surface area (Å²) in [5.74, 6) is -0.286. The maximum absolute atomic E-state index is 12.6. The van der Waals surface area contributed by atoms with Crippen LogP contribution in [0.5, 0.6) is 0 Å². The molecule has 0 aliphatic heterocycles. The molecule has 3 aromatic rings. The van der Waals surface area contributed by atoms with Gasteiger partial charge in [-0.05, 0) is 55.0 Å². The number of hydrogen-bond acceptors (Lipinski definition) is 5. The fourth-order valence-electron chi connectivity index (χ4n) is 2.54. The number of nitrogens with one attached hydrogen (secondary N) is 1. The average Bonchev–Trinajstić information content (AvgIpc) is 3.05. The first-order chi connectivity index (χ1) is 13.3. The van der Waals surface area contributed by atoms with Crippen LogP contribution in [0.25, 0.3) is 5.69 Å². The van der Waals surface area contributed by atoms with Crippen LogP contribution in [-0.2, 0) is 4.79 Å². The number of anilines is 1. The topological polar surface area (TPSA) is 72.7 Å². The lowest BCUT2D eigenvalue weighted by Gasteiger charge is -2.14. The number of aryl methyl sites for hydroxylation is 2. The lowest BCUT2D eigenvalue weighted by Crippen LogP contribution is -2.23. The van der Waals surface area contributed by atoms with Gasteiger partial charge in [-0.2, -0.15) is 4.68 Å². The highest BCUT2D eigenvalue weighted by atomic mass is 35.5. The molecular weight excluding hydrogens is 441 g/mol. The number of amides is 1. The lowest BCUT2D eigenvalue weighted by molar-refractivity contribution is -0.115. The predicted octanol–water partition coefficient (Wildman–Crippen LogP) is 5.36. The van der Waals surface area contributed by atoms with Gasteiger partial charge in [-0.15, -0.1) is 5.10 Å². The Labute approximate surface area is 181 Å². The summed E-state index contributed by atoms with van der Waals surface area (Å²) in [6, 6.07) is 9.01. The molecule has 2 aromatic carbocycles. The molecule has 6 nitrogen and oxygen atoms in total. The van der Waals surface area contributed by atoms with E-state index in [1.165, 1.54) is 23.9 Å². The number of thioether (sulfide) groups is 1. The van der Waals surface area contributed by atoms with Crippen molar-refractivity contribution in [2.75, 3.05) is 5.32 Å². The van der Waals surface area contributed by atoms with Crippen molar-refractivity contribution in [1.82, 2.24) is 20.2 Å². The number of rotatable bonds is 5. The minimum Gasteiger partial charge on any atom is -0.323 e. The van der Waals surface area contributed by atoms with Crippen LogP contribution >= 0.6 is 46.6 Å². The van der Waals surface area contributed by atoms with E-state index in [9.17, 15) is 4.79 Å². The van der Waals surface area contributed by atoms with Gasteiger partial charge < -0.3 is 5.32 Å². The van der Waals surface area contributed by atoms with E-state index < -0.39 is 5.25 Å². The Morgan fingerprint density at radius 3 is 2.46 bits per heavy atom. The number of hydrogen-bond donors (Lipinski definition) is 1. The van der Waals surface area contributed by atoms with E-state index in [1.807, 2.05) is 32.0 Å². The van der Waals surface area contributed by atoms with E-state index >= 15 is 0 Å². The van der Waals surface area contributed by atoms with Crippen LogP contribution in [0.2, 0.25) is 15.1 Å². The second kappa shape index (κ2) is 8.69. The molecule has 0 spiro atoms. The molecule has 0 aliphatic carbocycles. The van der Waals surface area contributed by atoms with Gasteiger partial charge in [-0.25, -0.2) is 0 Å². The molecule has 3 rings (SSSR count). The fraction of sp³-hybridized carbons (Fsp3) is 0.222. The zero-order valence-electron chi connectivity index (χ0n) is 15.2. The van der Waals surface area contributed by atoms with Crippen molar-refractivity contribution in [3.8, 4) is 5.69 Å². The van der Waals surface area contributed by atoms with Gasteiger partial charge >= 0.3 is 0 Å². The van der Waals surface area contributed by atoms with Crippen molar-refractivity contribution >= 4 is 58.2 Å². The highest BCUT2D eigenvalue weighted by Crippen LogP contribution is 2.34. The fourth-order valence-corrected chi connectivity index (χ4v) is 4.26. The summed E-state index contributed by atoms with van der Waals surface area (Å²) in [6.07, 6.45) is 0. The SMILES string of the molecule is Cc1ccc(-n2nnnc2SC(C)C(=O)Nc2c(Cl)cc(Cl)cc2Cl)c(C)c1. The molecule has 0 saturated carbocycles. The first-order valence-electron chi connectivity index (χ1n) is 8.24. The summed E-state index contributed by atoms with van der Waals surface area (Å²) in [6.45, 7) is 5.75. The Balaban J connectivity index is 1.78. The Kier molecular flexibility index (Phi) is 6.50. The smallest absolute Gasteiger partial charge is 0.237 e. The van der Waals surface area contributed by atoms with E-state index in [0.29, 0.717) is 15.9 Å². The van der Waals surface area contributed by atoms with Crippen molar-refractivity contribution in [2.45, 2.75) is 31.2 Å². The van der Waals surface area contributed by atoms with Crippen molar-refractivity contribution in [3.05, 3.63) is 56.5 Å². The van der Waals surface area contributed by atoms with Gasteiger partial charge in [0.25, 0.3) is 0 Å². The number of carbonyl (C=O) groups excluding carboxylic acids is 1. The van der Waals surface area contributed by atoms with E-state index in [2.05, 4.69) is 20.8 Å². The van der Waals surface area contributed by atoms with Crippen LogP contribution in [0.1, 0.15) is 18.1 Å². The van der Waals surface area contributed by atoms with Crippen LogP contribution in [-0.4, -0.2) is 31.4 Å². The number of nitrogens with zero attached hydrogens (tertiary/aromatic N) is 4. The maximum atomic E-state index is 12.6. The predicted molar refractivity (Wildman–Crippen MR) is 114 cm³/mol. The standard InChI is InChI=1S/C18H16Cl3N5OS/c1-9-4-5-15(10(2)6-9)26-18(23-24-25-26)28-11(3)17(27)22-16-13(20)7-12(19)8-14(16)21/h4-8,11H,1-3H3,(H,22,27). The highest BCUT2D eigenvalue weighted by Gasteiger charge is 2.21. The van der Waals surface area contributed by atoms with Gasteiger partial charge in [0.1, 0.15) is 0 Å².